The molecule has 2 rings (SSSR count). The van der Waals surface area contributed by atoms with Gasteiger partial charge in [-0.05, 0) is 18.9 Å². The van der Waals surface area contributed by atoms with E-state index in [-0.39, 0.29) is 5.91 Å². The second-order valence-electron chi connectivity index (χ2n) is 4.39. The highest BCUT2D eigenvalue weighted by atomic mass is 16.2. The van der Waals surface area contributed by atoms with Crippen molar-refractivity contribution in [3.63, 3.8) is 0 Å². The Kier molecular flexibility index (Phi) is 3.14. The fourth-order valence-corrected chi connectivity index (χ4v) is 1.68. The van der Waals surface area contributed by atoms with Gasteiger partial charge in [-0.25, -0.2) is 4.79 Å². The van der Waals surface area contributed by atoms with Crippen LogP contribution in [0, 0.1) is 0 Å². The number of hydrazone groups is 1. The van der Waals surface area contributed by atoms with E-state index in [9.17, 15) is 9.59 Å². The summed E-state index contributed by atoms with van der Waals surface area (Å²) >= 11 is 0. The highest BCUT2D eigenvalue weighted by Crippen LogP contribution is 2.20. The van der Waals surface area contributed by atoms with Crippen LogP contribution in [-0.4, -0.2) is 28.7 Å². The number of carbonyl (C=O) groups excluding carboxylic acids is 2. The summed E-state index contributed by atoms with van der Waals surface area (Å²) in [5.41, 5.74) is -0.00585. The molecule has 5 heteroatoms. The molecule has 1 heterocycles. The van der Waals surface area contributed by atoms with Crippen molar-refractivity contribution in [3.8, 4) is 0 Å². The van der Waals surface area contributed by atoms with Crippen molar-refractivity contribution in [2.24, 2.45) is 5.10 Å². The summed E-state index contributed by atoms with van der Waals surface area (Å²) in [7, 11) is 0. The minimum Gasteiger partial charge on any atom is -0.322 e. The molecular weight excluding hydrogens is 230 g/mol. The lowest BCUT2D eigenvalue weighted by molar-refractivity contribution is -0.130. The zero-order valence-electron chi connectivity index (χ0n) is 10.4. The summed E-state index contributed by atoms with van der Waals surface area (Å²) in [6, 6.07) is 8.84. The average Bonchev–Trinajstić information content (AvgIpc) is 2.60. The van der Waals surface area contributed by atoms with Crippen LogP contribution in [0.3, 0.4) is 0 Å². The zero-order chi connectivity index (χ0) is 13.2. The number of nitrogens with one attached hydrogen (secondary N) is 1. The van der Waals surface area contributed by atoms with E-state index < -0.39 is 11.6 Å². The molecule has 1 aromatic rings. The average molecular weight is 245 g/mol. The van der Waals surface area contributed by atoms with Crippen molar-refractivity contribution in [3.05, 3.63) is 35.9 Å². The molecule has 94 valence electrons. The second-order valence-corrected chi connectivity index (χ2v) is 4.39. The lowest BCUT2D eigenvalue weighted by atomic mass is 10.00. The van der Waals surface area contributed by atoms with Crippen LogP contribution in [0.2, 0.25) is 0 Å². The number of nitrogens with zero attached hydrogens (tertiary/aromatic N) is 2. The minimum absolute atomic E-state index is 0.317. The van der Waals surface area contributed by atoms with E-state index in [0.717, 1.165) is 10.6 Å². The molecule has 0 unspecified atom stereocenters. The third-order valence-corrected chi connectivity index (χ3v) is 3.07. The van der Waals surface area contributed by atoms with Crippen LogP contribution >= 0.6 is 0 Å². The van der Waals surface area contributed by atoms with Gasteiger partial charge in [-0.3, -0.25) is 4.79 Å². The number of imide groups is 1. The Hall–Kier alpha value is -2.17. The van der Waals surface area contributed by atoms with E-state index >= 15 is 0 Å². The van der Waals surface area contributed by atoms with Crippen molar-refractivity contribution in [1.82, 2.24) is 10.3 Å². The lowest BCUT2D eigenvalue weighted by Gasteiger charge is -2.17. The first-order chi connectivity index (χ1) is 8.57. The molecule has 1 atom stereocenters. The van der Waals surface area contributed by atoms with Crippen LogP contribution in [0.5, 0.6) is 0 Å². The molecule has 3 amide bonds. The lowest BCUT2D eigenvalue weighted by Crippen LogP contribution is -2.42. The molecule has 18 heavy (non-hydrogen) atoms. The minimum atomic E-state index is -0.842. The third kappa shape index (κ3) is 2.11. The van der Waals surface area contributed by atoms with Gasteiger partial charge in [0, 0.05) is 0 Å². The van der Waals surface area contributed by atoms with Crippen LogP contribution in [0.1, 0.15) is 25.8 Å². The highest BCUT2D eigenvalue weighted by molar-refractivity contribution is 6.07. The molecular formula is C13H15N3O2. The summed E-state index contributed by atoms with van der Waals surface area (Å²) in [5.74, 6) is -0.317. The fraction of sp³-hybridized carbons (Fsp3) is 0.308. The zero-order valence-corrected chi connectivity index (χ0v) is 10.4. The molecule has 1 aliphatic rings. The van der Waals surface area contributed by atoms with Crippen LogP contribution in [0.25, 0.3) is 0 Å². The predicted octanol–water partition coefficient (Wildman–Crippen LogP) is 1.74. The molecule has 1 aliphatic heterocycles. The van der Waals surface area contributed by atoms with Gasteiger partial charge in [0.15, 0.2) is 0 Å². The molecule has 5 nitrogen and oxygen atoms in total. The first-order valence-electron chi connectivity index (χ1n) is 5.82. The second kappa shape index (κ2) is 4.60. The van der Waals surface area contributed by atoms with Crippen LogP contribution in [0.4, 0.5) is 4.79 Å². The number of hydrogen-bond donors (Lipinski definition) is 1. The standard InChI is InChI=1S/C13H15N3O2/c1-3-13(2)11(17)16(12(18)15-13)14-9-10-7-5-4-6-8-10/h4-9H,3H2,1-2H3,(H,15,18)/b14-9-/t13-/m1/s1. The number of carbonyl (C=O) groups is 2. The SMILES string of the molecule is CC[C@@]1(C)NC(=O)N(/N=C\c2ccccc2)C1=O. The van der Waals surface area contributed by atoms with Gasteiger partial charge in [0.1, 0.15) is 5.54 Å². The molecule has 1 N–H and O–H groups in total. The van der Waals surface area contributed by atoms with Gasteiger partial charge in [-0.1, -0.05) is 37.3 Å². The maximum atomic E-state index is 12.0. The third-order valence-electron chi connectivity index (χ3n) is 3.07. The van der Waals surface area contributed by atoms with E-state index in [1.165, 1.54) is 6.21 Å². The maximum absolute atomic E-state index is 12.0. The summed E-state index contributed by atoms with van der Waals surface area (Å²) in [6.45, 7) is 3.55. The molecule has 0 radical (unpaired) electrons. The quantitative estimate of drug-likeness (QED) is 0.651. The van der Waals surface area contributed by atoms with Gasteiger partial charge in [-0.2, -0.15) is 5.10 Å². The van der Waals surface area contributed by atoms with Gasteiger partial charge in [0.05, 0.1) is 6.21 Å². The molecule has 0 spiro atoms. The molecule has 0 bridgehead atoms. The van der Waals surface area contributed by atoms with Crippen molar-refractivity contribution in [2.75, 3.05) is 0 Å². The largest absolute Gasteiger partial charge is 0.346 e. The highest BCUT2D eigenvalue weighted by Gasteiger charge is 2.46. The van der Waals surface area contributed by atoms with Gasteiger partial charge in [-0.15, -0.1) is 5.01 Å². The molecule has 1 saturated heterocycles. The van der Waals surface area contributed by atoms with Crippen molar-refractivity contribution in [1.29, 1.82) is 0 Å². The molecule has 0 aromatic heterocycles. The monoisotopic (exact) mass is 245 g/mol. The van der Waals surface area contributed by atoms with E-state index in [0.29, 0.717) is 6.42 Å². The van der Waals surface area contributed by atoms with Gasteiger partial charge >= 0.3 is 6.03 Å². The summed E-state index contributed by atoms with van der Waals surface area (Å²) in [6.07, 6.45) is 2.04. The number of urea groups is 1. The van der Waals surface area contributed by atoms with Crippen molar-refractivity contribution < 1.29 is 9.59 Å². The Labute approximate surface area is 105 Å². The number of amides is 3. The topological polar surface area (TPSA) is 61.8 Å². The van der Waals surface area contributed by atoms with E-state index in [4.69, 9.17) is 0 Å². The number of hydrogen-bond acceptors (Lipinski definition) is 3. The van der Waals surface area contributed by atoms with E-state index in [1.807, 2.05) is 37.3 Å². The fourth-order valence-electron chi connectivity index (χ4n) is 1.68. The normalized spacial score (nSPS) is 23.8. The summed E-state index contributed by atoms with van der Waals surface area (Å²) in [5, 5.41) is 7.47. The van der Waals surface area contributed by atoms with E-state index in [1.54, 1.807) is 6.92 Å². The Morgan fingerprint density at radius 3 is 2.56 bits per heavy atom. The molecule has 0 saturated carbocycles. The molecule has 0 aliphatic carbocycles. The maximum Gasteiger partial charge on any atom is 0.346 e. The van der Waals surface area contributed by atoms with Gasteiger partial charge in [0.25, 0.3) is 5.91 Å². The molecule has 1 aromatic carbocycles. The first kappa shape index (κ1) is 12.3. The Bertz CT molecular complexity index is 498. The smallest absolute Gasteiger partial charge is 0.322 e. The van der Waals surface area contributed by atoms with Crippen molar-refractivity contribution in [2.45, 2.75) is 25.8 Å². The number of benzene rings is 1. The Morgan fingerprint density at radius 2 is 2.00 bits per heavy atom. The van der Waals surface area contributed by atoms with Crippen LogP contribution in [0.15, 0.2) is 35.4 Å². The Balaban J connectivity index is 2.18. The summed E-state index contributed by atoms with van der Waals surface area (Å²) in [4.78, 5) is 23.7. The Morgan fingerprint density at radius 1 is 1.33 bits per heavy atom. The van der Waals surface area contributed by atoms with Crippen LogP contribution in [-0.2, 0) is 4.79 Å². The van der Waals surface area contributed by atoms with E-state index in [2.05, 4.69) is 10.4 Å². The van der Waals surface area contributed by atoms with Gasteiger partial charge in [0.2, 0.25) is 0 Å². The van der Waals surface area contributed by atoms with Gasteiger partial charge < -0.3 is 5.32 Å². The number of rotatable bonds is 3. The van der Waals surface area contributed by atoms with Crippen LogP contribution < -0.4 is 5.32 Å². The summed E-state index contributed by atoms with van der Waals surface area (Å²) < 4.78 is 0. The predicted molar refractivity (Wildman–Crippen MR) is 68.1 cm³/mol. The van der Waals surface area contributed by atoms with Crippen molar-refractivity contribution >= 4 is 18.2 Å². The first-order valence-corrected chi connectivity index (χ1v) is 5.82. The molecule has 1 fully saturated rings.